The van der Waals surface area contributed by atoms with E-state index in [1.165, 1.54) is 45.2 Å². The number of hydrogen-bond acceptors (Lipinski definition) is 2. The topological polar surface area (TPSA) is 15.3 Å². The number of likely N-dealkylation sites (tertiary alicyclic amines) is 1. The molecule has 112 valence electrons. The summed E-state index contributed by atoms with van der Waals surface area (Å²) in [4.78, 5) is 2.80. The van der Waals surface area contributed by atoms with E-state index in [9.17, 15) is 0 Å². The van der Waals surface area contributed by atoms with Crippen LogP contribution >= 0.6 is 0 Å². The van der Waals surface area contributed by atoms with Crippen LogP contribution in [-0.4, -0.2) is 36.1 Å². The first-order valence-electron chi connectivity index (χ1n) is 8.30. The van der Waals surface area contributed by atoms with Crippen molar-refractivity contribution in [2.45, 2.75) is 78.3 Å². The maximum absolute atomic E-state index is 3.74. The van der Waals surface area contributed by atoms with Gasteiger partial charge in [0.1, 0.15) is 0 Å². The van der Waals surface area contributed by atoms with E-state index in [0.29, 0.717) is 5.41 Å². The van der Waals surface area contributed by atoms with Gasteiger partial charge in [-0.1, -0.05) is 20.3 Å². The van der Waals surface area contributed by atoms with Crippen LogP contribution < -0.4 is 5.32 Å². The Labute approximate surface area is 120 Å². The summed E-state index contributed by atoms with van der Waals surface area (Å²) in [6.45, 7) is 15.5. The Hall–Kier alpha value is -0.0800. The van der Waals surface area contributed by atoms with Gasteiger partial charge < -0.3 is 5.32 Å². The summed E-state index contributed by atoms with van der Waals surface area (Å²) in [5.74, 6) is 1.02. The molecule has 2 fully saturated rings. The molecule has 1 aliphatic heterocycles. The second-order valence-electron chi connectivity index (χ2n) is 8.43. The van der Waals surface area contributed by atoms with Crippen LogP contribution in [0.2, 0.25) is 0 Å². The van der Waals surface area contributed by atoms with Crippen LogP contribution in [0.4, 0.5) is 0 Å². The first-order valence-corrected chi connectivity index (χ1v) is 8.30. The Kier molecular flexibility index (Phi) is 4.62. The van der Waals surface area contributed by atoms with Gasteiger partial charge in [0.25, 0.3) is 0 Å². The van der Waals surface area contributed by atoms with Crippen LogP contribution in [0.15, 0.2) is 0 Å². The Bertz CT molecular complexity index is 294. The largest absolute Gasteiger partial charge is 0.311 e. The van der Waals surface area contributed by atoms with E-state index in [2.05, 4.69) is 44.8 Å². The molecular weight excluding hydrogens is 232 g/mol. The minimum atomic E-state index is 0.235. The van der Waals surface area contributed by atoms with Crippen molar-refractivity contribution in [2.24, 2.45) is 11.3 Å². The van der Waals surface area contributed by atoms with E-state index in [1.807, 2.05) is 0 Å². The van der Waals surface area contributed by atoms with Crippen molar-refractivity contribution in [1.82, 2.24) is 10.2 Å². The molecule has 0 radical (unpaired) electrons. The van der Waals surface area contributed by atoms with E-state index in [1.54, 1.807) is 0 Å². The average molecular weight is 266 g/mol. The Morgan fingerprint density at radius 3 is 2.37 bits per heavy atom. The quantitative estimate of drug-likeness (QED) is 0.789. The molecule has 2 heteroatoms. The lowest BCUT2D eigenvalue weighted by Crippen LogP contribution is -2.49. The number of nitrogens with one attached hydrogen (secondary N) is 1. The molecule has 0 aromatic carbocycles. The van der Waals surface area contributed by atoms with Crippen LogP contribution in [0.1, 0.15) is 66.7 Å². The van der Waals surface area contributed by atoms with Crippen LogP contribution in [0.3, 0.4) is 0 Å². The van der Waals surface area contributed by atoms with Crippen LogP contribution in [-0.2, 0) is 0 Å². The van der Waals surface area contributed by atoms with E-state index in [-0.39, 0.29) is 5.54 Å². The molecule has 1 heterocycles. The number of fused-ring (bicyclic) bond motifs is 2. The lowest BCUT2D eigenvalue weighted by atomic mass is 9.83. The number of piperidine rings is 1. The van der Waals surface area contributed by atoms with Crippen molar-refractivity contribution < 1.29 is 0 Å². The zero-order valence-electron chi connectivity index (χ0n) is 13.8. The van der Waals surface area contributed by atoms with Gasteiger partial charge in [-0.2, -0.15) is 0 Å². The van der Waals surface area contributed by atoms with Gasteiger partial charge in [-0.3, -0.25) is 4.90 Å². The molecular formula is C17H34N2. The fourth-order valence-corrected chi connectivity index (χ4v) is 4.02. The molecule has 1 saturated carbocycles. The molecule has 0 amide bonds. The zero-order valence-corrected chi connectivity index (χ0v) is 13.8. The molecule has 2 rings (SSSR count). The summed E-state index contributed by atoms with van der Waals surface area (Å²) in [5, 5.41) is 3.74. The summed E-state index contributed by atoms with van der Waals surface area (Å²) < 4.78 is 0. The SMILES string of the molecule is CCCC(C)(CNC(C)(C)C)CN1CC2CCC1C2. The lowest BCUT2D eigenvalue weighted by molar-refractivity contribution is 0.114. The Morgan fingerprint density at radius 1 is 1.16 bits per heavy atom. The molecule has 2 bridgehead atoms. The standard InChI is InChI=1S/C17H34N2/c1-6-9-17(5,12-18-16(2,3)4)13-19-11-14-7-8-15(19)10-14/h14-15,18H,6-13H2,1-5H3. The normalized spacial score (nSPS) is 30.8. The van der Waals surface area contributed by atoms with E-state index < -0.39 is 0 Å². The van der Waals surface area contributed by atoms with Gasteiger partial charge in [-0.25, -0.2) is 0 Å². The fraction of sp³-hybridized carbons (Fsp3) is 1.00. The molecule has 0 spiro atoms. The van der Waals surface area contributed by atoms with Crippen molar-refractivity contribution in [3.63, 3.8) is 0 Å². The molecule has 3 unspecified atom stereocenters. The second-order valence-corrected chi connectivity index (χ2v) is 8.43. The van der Waals surface area contributed by atoms with Crippen LogP contribution in [0, 0.1) is 11.3 Å². The molecule has 0 aromatic rings. The highest BCUT2D eigenvalue weighted by Gasteiger charge is 2.40. The number of rotatable bonds is 6. The third-order valence-electron chi connectivity index (χ3n) is 5.01. The van der Waals surface area contributed by atoms with Crippen molar-refractivity contribution >= 4 is 0 Å². The van der Waals surface area contributed by atoms with E-state index in [0.717, 1.165) is 18.5 Å². The Morgan fingerprint density at radius 2 is 1.89 bits per heavy atom. The summed E-state index contributed by atoms with van der Waals surface area (Å²) >= 11 is 0. The van der Waals surface area contributed by atoms with E-state index >= 15 is 0 Å². The molecule has 19 heavy (non-hydrogen) atoms. The summed E-state index contributed by atoms with van der Waals surface area (Å²) in [5.41, 5.74) is 0.672. The zero-order chi connectivity index (χ0) is 14.1. The Balaban J connectivity index is 1.90. The number of nitrogens with zero attached hydrogens (tertiary/aromatic N) is 1. The smallest absolute Gasteiger partial charge is 0.00988 e. The van der Waals surface area contributed by atoms with Crippen molar-refractivity contribution in [2.75, 3.05) is 19.6 Å². The van der Waals surface area contributed by atoms with Crippen LogP contribution in [0.25, 0.3) is 0 Å². The predicted molar refractivity (Wildman–Crippen MR) is 83.5 cm³/mol. The highest BCUT2D eigenvalue weighted by molar-refractivity contribution is 4.95. The highest BCUT2D eigenvalue weighted by Crippen LogP contribution is 2.39. The third-order valence-corrected chi connectivity index (χ3v) is 5.01. The van der Waals surface area contributed by atoms with Gasteiger partial charge in [0.05, 0.1) is 0 Å². The van der Waals surface area contributed by atoms with Gasteiger partial charge in [-0.15, -0.1) is 0 Å². The summed E-state index contributed by atoms with van der Waals surface area (Å²) in [7, 11) is 0. The molecule has 2 aliphatic rings. The summed E-state index contributed by atoms with van der Waals surface area (Å²) in [6, 6.07) is 0.913. The fourth-order valence-electron chi connectivity index (χ4n) is 4.02. The molecule has 3 atom stereocenters. The monoisotopic (exact) mass is 266 g/mol. The molecule has 1 saturated heterocycles. The second kappa shape index (κ2) is 5.73. The van der Waals surface area contributed by atoms with E-state index in [4.69, 9.17) is 0 Å². The maximum Gasteiger partial charge on any atom is 0.00988 e. The average Bonchev–Trinajstić information content (AvgIpc) is 2.88. The van der Waals surface area contributed by atoms with Gasteiger partial charge in [0.2, 0.25) is 0 Å². The minimum absolute atomic E-state index is 0.235. The van der Waals surface area contributed by atoms with Gasteiger partial charge in [-0.05, 0) is 57.8 Å². The van der Waals surface area contributed by atoms with Gasteiger partial charge >= 0.3 is 0 Å². The van der Waals surface area contributed by atoms with Crippen LogP contribution in [0.5, 0.6) is 0 Å². The molecule has 2 nitrogen and oxygen atoms in total. The van der Waals surface area contributed by atoms with Gasteiger partial charge in [0, 0.05) is 31.2 Å². The van der Waals surface area contributed by atoms with Crippen molar-refractivity contribution in [3.05, 3.63) is 0 Å². The maximum atomic E-state index is 3.74. The number of hydrogen-bond donors (Lipinski definition) is 1. The molecule has 0 aromatic heterocycles. The third kappa shape index (κ3) is 4.19. The first-order chi connectivity index (χ1) is 8.81. The summed E-state index contributed by atoms with van der Waals surface area (Å²) in [6.07, 6.45) is 7.06. The van der Waals surface area contributed by atoms with Crippen molar-refractivity contribution in [3.8, 4) is 0 Å². The predicted octanol–water partition coefficient (Wildman–Crippen LogP) is 3.67. The van der Waals surface area contributed by atoms with Crippen molar-refractivity contribution in [1.29, 1.82) is 0 Å². The molecule has 1 aliphatic carbocycles. The minimum Gasteiger partial charge on any atom is -0.311 e. The lowest BCUT2D eigenvalue weighted by Gasteiger charge is -2.39. The highest BCUT2D eigenvalue weighted by atomic mass is 15.2. The first kappa shape index (κ1) is 15.3. The van der Waals surface area contributed by atoms with Gasteiger partial charge in [0.15, 0.2) is 0 Å². The molecule has 1 N–H and O–H groups in total.